The van der Waals surface area contributed by atoms with Crippen LogP contribution in [-0.4, -0.2) is 7.05 Å². The molecule has 0 unspecified atom stereocenters. The molecule has 2 aromatic carbocycles. The van der Waals surface area contributed by atoms with Crippen LogP contribution in [0.15, 0.2) is 48.5 Å². The molecule has 100 valence electrons. The maximum atomic E-state index is 3.23. The Balaban J connectivity index is 2.27. The molecule has 0 atom stereocenters. The van der Waals surface area contributed by atoms with Crippen molar-refractivity contribution in [2.45, 2.75) is 26.8 Å². The Morgan fingerprint density at radius 2 is 1.63 bits per heavy atom. The number of rotatable bonds is 5. The highest BCUT2D eigenvalue weighted by molar-refractivity contribution is 5.67. The fourth-order valence-corrected chi connectivity index (χ4v) is 2.44. The molecule has 0 saturated carbocycles. The molecule has 0 aliphatic rings. The van der Waals surface area contributed by atoms with E-state index in [1.807, 2.05) is 7.05 Å². The monoisotopic (exact) mass is 253 g/mol. The van der Waals surface area contributed by atoms with Crippen molar-refractivity contribution in [2.75, 3.05) is 7.05 Å². The predicted molar refractivity (Wildman–Crippen MR) is 83.2 cm³/mol. The van der Waals surface area contributed by atoms with Gasteiger partial charge in [0.25, 0.3) is 0 Å². The molecule has 0 aromatic heterocycles. The highest BCUT2D eigenvalue weighted by Gasteiger charge is 2.04. The predicted octanol–water partition coefficient (Wildman–Crippen LogP) is 4.27. The van der Waals surface area contributed by atoms with Crippen molar-refractivity contribution in [3.63, 3.8) is 0 Å². The molecular formula is C18H23N. The van der Waals surface area contributed by atoms with Crippen molar-refractivity contribution in [1.82, 2.24) is 5.32 Å². The average molecular weight is 253 g/mol. The lowest BCUT2D eigenvalue weighted by atomic mass is 9.96. The zero-order valence-electron chi connectivity index (χ0n) is 12.1. The Morgan fingerprint density at radius 1 is 0.947 bits per heavy atom. The molecule has 1 heteroatoms. The molecule has 0 bridgehead atoms. The summed E-state index contributed by atoms with van der Waals surface area (Å²) < 4.78 is 0. The van der Waals surface area contributed by atoms with Gasteiger partial charge >= 0.3 is 0 Å². The van der Waals surface area contributed by atoms with Gasteiger partial charge in [-0.1, -0.05) is 62.4 Å². The fourth-order valence-electron chi connectivity index (χ4n) is 2.44. The molecule has 1 nitrogen and oxygen atoms in total. The first-order valence-electron chi connectivity index (χ1n) is 7.02. The van der Waals surface area contributed by atoms with Gasteiger partial charge in [0.15, 0.2) is 0 Å². The molecule has 0 fully saturated rings. The van der Waals surface area contributed by atoms with E-state index in [1.165, 1.54) is 22.3 Å². The van der Waals surface area contributed by atoms with Gasteiger partial charge in [-0.05, 0) is 41.6 Å². The minimum Gasteiger partial charge on any atom is -0.316 e. The molecule has 2 aromatic rings. The largest absolute Gasteiger partial charge is 0.316 e. The summed E-state index contributed by atoms with van der Waals surface area (Å²) in [6.45, 7) is 5.43. The molecule has 0 aliphatic heterocycles. The lowest BCUT2D eigenvalue weighted by Crippen LogP contribution is -2.06. The van der Waals surface area contributed by atoms with Gasteiger partial charge in [-0.3, -0.25) is 0 Å². The quantitative estimate of drug-likeness (QED) is 0.839. The third-order valence-electron chi connectivity index (χ3n) is 3.29. The highest BCUT2D eigenvalue weighted by atomic mass is 14.8. The third kappa shape index (κ3) is 3.68. The summed E-state index contributed by atoms with van der Waals surface area (Å²) in [5, 5.41) is 3.23. The molecule has 2 rings (SSSR count). The topological polar surface area (TPSA) is 12.0 Å². The van der Waals surface area contributed by atoms with Crippen molar-refractivity contribution in [3.8, 4) is 11.1 Å². The SMILES string of the molecule is CNCc1ccccc1-c1ccc(CC(C)C)cc1. The minimum atomic E-state index is 0.711. The Kier molecular flexibility index (Phi) is 4.75. The smallest absolute Gasteiger partial charge is 0.0208 e. The lowest BCUT2D eigenvalue weighted by Gasteiger charge is -2.11. The van der Waals surface area contributed by atoms with Gasteiger partial charge in [-0.25, -0.2) is 0 Å². The summed E-state index contributed by atoms with van der Waals surface area (Å²) in [4.78, 5) is 0. The van der Waals surface area contributed by atoms with Crippen LogP contribution in [0.3, 0.4) is 0 Å². The fraction of sp³-hybridized carbons (Fsp3) is 0.333. The van der Waals surface area contributed by atoms with E-state index in [0.717, 1.165) is 13.0 Å². The molecule has 0 radical (unpaired) electrons. The van der Waals surface area contributed by atoms with E-state index in [0.29, 0.717) is 5.92 Å². The Hall–Kier alpha value is -1.60. The van der Waals surface area contributed by atoms with Crippen LogP contribution < -0.4 is 5.32 Å². The molecule has 19 heavy (non-hydrogen) atoms. The first-order valence-corrected chi connectivity index (χ1v) is 7.02. The van der Waals surface area contributed by atoms with Gasteiger partial charge in [-0.2, -0.15) is 0 Å². The zero-order chi connectivity index (χ0) is 13.7. The second-order valence-electron chi connectivity index (χ2n) is 5.48. The summed E-state index contributed by atoms with van der Waals surface area (Å²) in [6.07, 6.45) is 1.15. The number of nitrogens with one attached hydrogen (secondary N) is 1. The van der Waals surface area contributed by atoms with E-state index < -0.39 is 0 Å². The molecule has 0 spiro atoms. The van der Waals surface area contributed by atoms with E-state index in [-0.39, 0.29) is 0 Å². The van der Waals surface area contributed by atoms with Crippen LogP contribution in [0, 0.1) is 5.92 Å². The van der Waals surface area contributed by atoms with Crippen LogP contribution in [0.25, 0.3) is 11.1 Å². The second-order valence-corrected chi connectivity index (χ2v) is 5.48. The standard InChI is InChI=1S/C18H23N/c1-14(2)12-15-8-10-16(11-9-15)18-7-5-4-6-17(18)13-19-3/h4-11,14,19H,12-13H2,1-3H3. The Bertz CT molecular complexity index is 511. The summed E-state index contributed by atoms with van der Waals surface area (Å²) in [6, 6.07) is 17.6. The van der Waals surface area contributed by atoms with E-state index in [2.05, 4.69) is 67.7 Å². The maximum absolute atomic E-state index is 3.23. The van der Waals surface area contributed by atoms with E-state index >= 15 is 0 Å². The third-order valence-corrected chi connectivity index (χ3v) is 3.29. The maximum Gasteiger partial charge on any atom is 0.0208 e. The zero-order valence-corrected chi connectivity index (χ0v) is 12.1. The summed E-state index contributed by atoms with van der Waals surface area (Å²) in [5.74, 6) is 0.711. The number of benzene rings is 2. The normalized spacial score (nSPS) is 10.9. The van der Waals surface area contributed by atoms with Crippen molar-refractivity contribution >= 4 is 0 Å². The van der Waals surface area contributed by atoms with Gasteiger partial charge < -0.3 is 5.32 Å². The first kappa shape index (κ1) is 13.8. The lowest BCUT2D eigenvalue weighted by molar-refractivity contribution is 0.647. The van der Waals surface area contributed by atoms with Crippen molar-refractivity contribution in [3.05, 3.63) is 59.7 Å². The first-order chi connectivity index (χ1) is 9.20. The van der Waals surface area contributed by atoms with Crippen molar-refractivity contribution in [1.29, 1.82) is 0 Å². The van der Waals surface area contributed by atoms with Gasteiger partial charge in [0.2, 0.25) is 0 Å². The van der Waals surface area contributed by atoms with Crippen LogP contribution in [0.1, 0.15) is 25.0 Å². The number of hydrogen-bond donors (Lipinski definition) is 1. The van der Waals surface area contributed by atoms with Crippen LogP contribution in [0.5, 0.6) is 0 Å². The molecule has 0 saturated heterocycles. The number of hydrogen-bond acceptors (Lipinski definition) is 1. The van der Waals surface area contributed by atoms with E-state index in [4.69, 9.17) is 0 Å². The van der Waals surface area contributed by atoms with Crippen LogP contribution >= 0.6 is 0 Å². The summed E-state index contributed by atoms with van der Waals surface area (Å²) in [7, 11) is 1.99. The summed E-state index contributed by atoms with van der Waals surface area (Å²) >= 11 is 0. The molecule has 0 amide bonds. The Morgan fingerprint density at radius 3 is 2.26 bits per heavy atom. The molecule has 0 aliphatic carbocycles. The highest BCUT2D eigenvalue weighted by Crippen LogP contribution is 2.24. The van der Waals surface area contributed by atoms with E-state index in [1.54, 1.807) is 0 Å². The van der Waals surface area contributed by atoms with Crippen molar-refractivity contribution in [2.24, 2.45) is 5.92 Å². The average Bonchev–Trinajstić information content (AvgIpc) is 2.40. The van der Waals surface area contributed by atoms with Crippen molar-refractivity contribution < 1.29 is 0 Å². The molecule has 0 heterocycles. The van der Waals surface area contributed by atoms with E-state index in [9.17, 15) is 0 Å². The van der Waals surface area contributed by atoms with Crippen LogP contribution in [-0.2, 0) is 13.0 Å². The second kappa shape index (κ2) is 6.53. The van der Waals surface area contributed by atoms with Gasteiger partial charge in [0.05, 0.1) is 0 Å². The molecular weight excluding hydrogens is 230 g/mol. The van der Waals surface area contributed by atoms with Crippen LogP contribution in [0.4, 0.5) is 0 Å². The minimum absolute atomic E-state index is 0.711. The Labute approximate surface area is 116 Å². The van der Waals surface area contributed by atoms with Crippen LogP contribution in [0.2, 0.25) is 0 Å². The molecule has 1 N–H and O–H groups in total. The van der Waals surface area contributed by atoms with Gasteiger partial charge in [0, 0.05) is 6.54 Å². The van der Waals surface area contributed by atoms with Gasteiger partial charge in [0.1, 0.15) is 0 Å². The summed E-state index contributed by atoms with van der Waals surface area (Å²) in [5.41, 5.74) is 5.40. The van der Waals surface area contributed by atoms with Gasteiger partial charge in [-0.15, -0.1) is 0 Å².